The van der Waals surface area contributed by atoms with E-state index in [9.17, 15) is 0 Å². The van der Waals surface area contributed by atoms with E-state index >= 15 is 0 Å². The fourth-order valence-corrected chi connectivity index (χ4v) is 9.30. The number of pyridine rings is 2. The standard InChI is InChI=1S/C52H40N4/c1-31-11-13-33(3)39(23-31)35-17-19-47-43(25-35)45-27-37-15-16-38-28-46-44-26-36(40-24-32(2)12-14-34(40)4)18-20-48(44)56(52-10-6-8-22-54-52)50(46)30-42(38)41(37)29-49(45)55(47)51-9-5-7-21-53-51/h5-14,17-30H,15-16H2,1-4H3. The Hall–Kier alpha value is -6.78. The van der Waals surface area contributed by atoms with Gasteiger partial charge in [0.15, 0.2) is 0 Å². The zero-order valence-corrected chi connectivity index (χ0v) is 32.1. The van der Waals surface area contributed by atoms with E-state index in [4.69, 9.17) is 9.97 Å². The third kappa shape index (κ3) is 4.99. The van der Waals surface area contributed by atoms with Gasteiger partial charge >= 0.3 is 0 Å². The van der Waals surface area contributed by atoms with Gasteiger partial charge in [-0.1, -0.05) is 71.8 Å². The maximum Gasteiger partial charge on any atom is 0.137 e. The van der Waals surface area contributed by atoms with E-state index in [1.807, 2.05) is 24.5 Å². The Morgan fingerprint density at radius 3 is 1.27 bits per heavy atom. The highest BCUT2D eigenvalue weighted by atomic mass is 15.1. The molecule has 0 amide bonds. The molecule has 268 valence electrons. The Labute approximate surface area is 326 Å². The minimum Gasteiger partial charge on any atom is -0.294 e. The van der Waals surface area contributed by atoms with Gasteiger partial charge in [0.25, 0.3) is 0 Å². The first kappa shape index (κ1) is 32.6. The SMILES string of the molecule is Cc1ccc(C)c(-c2ccc3c(c2)c2cc4c(cc2n3-c2ccccn2)-c2cc3c(cc2CC4)c2cc(-c4cc(C)ccc4C)ccc2n3-c2ccccn2)c1. The summed E-state index contributed by atoms with van der Waals surface area (Å²) < 4.78 is 4.70. The van der Waals surface area contributed by atoms with E-state index < -0.39 is 0 Å². The molecule has 0 radical (unpaired) electrons. The van der Waals surface area contributed by atoms with Gasteiger partial charge in [0.2, 0.25) is 0 Å². The average molecular weight is 721 g/mol. The maximum atomic E-state index is 4.89. The lowest BCUT2D eigenvalue weighted by molar-refractivity contribution is 0.945. The molecule has 11 rings (SSSR count). The molecule has 0 N–H and O–H groups in total. The van der Waals surface area contributed by atoms with Gasteiger partial charge in [-0.05, 0) is 169 Å². The third-order valence-corrected chi connectivity index (χ3v) is 12.1. The second kappa shape index (κ2) is 12.4. The fraction of sp³-hybridized carbons (Fsp3) is 0.115. The molecule has 0 spiro atoms. The summed E-state index contributed by atoms with van der Waals surface area (Å²) in [5.41, 5.74) is 20.2. The minimum absolute atomic E-state index is 0.924. The predicted molar refractivity (Wildman–Crippen MR) is 233 cm³/mol. The molecular weight excluding hydrogens is 681 g/mol. The predicted octanol–water partition coefficient (Wildman–Crippen LogP) is 13.0. The molecule has 4 aromatic heterocycles. The molecule has 4 heteroatoms. The van der Waals surface area contributed by atoms with Crippen LogP contribution in [-0.4, -0.2) is 19.1 Å². The van der Waals surface area contributed by atoms with Gasteiger partial charge in [-0.25, -0.2) is 9.97 Å². The first-order valence-corrected chi connectivity index (χ1v) is 19.6. The van der Waals surface area contributed by atoms with Crippen molar-refractivity contribution in [3.8, 4) is 45.0 Å². The van der Waals surface area contributed by atoms with Crippen LogP contribution in [0.1, 0.15) is 33.4 Å². The number of hydrogen-bond donors (Lipinski definition) is 0. The molecule has 0 bridgehead atoms. The number of rotatable bonds is 4. The van der Waals surface area contributed by atoms with E-state index in [1.165, 1.54) is 110 Å². The van der Waals surface area contributed by atoms with E-state index in [-0.39, 0.29) is 0 Å². The molecular formula is C52H40N4. The number of aromatic nitrogens is 4. The van der Waals surface area contributed by atoms with Gasteiger partial charge in [-0.2, -0.15) is 0 Å². The van der Waals surface area contributed by atoms with Gasteiger partial charge in [0.05, 0.1) is 22.1 Å². The molecule has 1 aliphatic carbocycles. The largest absolute Gasteiger partial charge is 0.294 e. The summed E-state index contributed by atoms with van der Waals surface area (Å²) >= 11 is 0. The van der Waals surface area contributed by atoms with Crippen LogP contribution in [0.4, 0.5) is 0 Å². The molecule has 4 nitrogen and oxygen atoms in total. The number of fused-ring (bicyclic) bond motifs is 9. The molecule has 10 aromatic rings. The average Bonchev–Trinajstić information content (AvgIpc) is 3.72. The molecule has 0 unspecified atom stereocenters. The van der Waals surface area contributed by atoms with E-state index in [0.29, 0.717) is 0 Å². The van der Waals surface area contributed by atoms with Gasteiger partial charge in [-0.15, -0.1) is 0 Å². The second-order valence-corrected chi connectivity index (χ2v) is 15.7. The van der Waals surface area contributed by atoms with Crippen molar-refractivity contribution in [1.82, 2.24) is 19.1 Å². The Bertz CT molecular complexity index is 3000. The summed E-state index contributed by atoms with van der Waals surface area (Å²) in [5.74, 6) is 1.85. The summed E-state index contributed by atoms with van der Waals surface area (Å²) in [6, 6.07) is 49.6. The van der Waals surface area contributed by atoms with Gasteiger partial charge in [-0.3, -0.25) is 9.13 Å². The monoisotopic (exact) mass is 720 g/mol. The van der Waals surface area contributed by atoms with Crippen LogP contribution < -0.4 is 0 Å². The maximum absolute atomic E-state index is 4.89. The molecule has 0 atom stereocenters. The van der Waals surface area contributed by atoms with Crippen molar-refractivity contribution in [3.05, 3.63) is 179 Å². The Morgan fingerprint density at radius 1 is 0.393 bits per heavy atom. The van der Waals surface area contributed by atoms with Crippen molar-refractivity contribution in [2.45, 2.75) is 40.5 Å². The third-order valence-electron chi connectivity index (χ3n) is 12.1. The van der Waals surface area contributed by atoms with Crippen LogP contribution in [0.2, 0.25) is 0 Å². The molecule has 6 aromatic carbocycles. The van der Waals surface area contributed by atoms with Crippen molar-refractivity contribution < 1.29 is 0 Å². The lowest BCUT2D eigenvalue weighted by atomic mass is 9.84. The lowest BCUT2D eigenvalue weighted by Gasteiger charge is -2.21. The Morgan fingerprint density at radius 2 is 0.839 bits per heavy atom. The van der Waals surface area contributed by atoms with Crippen molar-refractivity contribution >= 4 is 43.6 Å². The highest BCUT2D eigenvalue weighted by Crippen LogP contribution is 2.45. The van der Waals surface area contributed by atoms with Crippen molar-refractivity contribution in [3.63, 3.8) is 0 Å². The van der Waals surface area contributed by atoms with E-state index in [2.05, 4.69) is 158 Å². The zero-order chi connectivity index (χ0) is 37.7. The van der Waals surface area contributed by atoms with Crippen LogP contribution in [0.25, 0.3) is 88.6 Å². The minimum atomic E-state index is 0.924. The number of aryl methyl sites for hydroxylation is 6. The molecule has 1 aliphatic rings. The zero-order valence-electron chi connectivity index (χ0n) is 32.1. The Balaban J connectivity index is 1.17. The van der Waals surface area contributed by atoms with Gasteiger partial charge in [0.1, 0.15) is 11.6 Å². The number of nitrogens with zero attached hydrogens (tertiary/aromatic N) is 4. The summed E-state index contributed by atoms with van der Waals surface area (Å²) in [6.45, 7) is 8.76. The quantitative estimate of drug-likeness (QED) is 0.181. The lowest BCUT2D eigenvalue weighted by Crippen LogP contribution is -2.05. The highest BCUT2D eigenvalue weighted by Gasteiger charge is 2.24. The summed E-state index contributed by atoms with van der Waals surface area (Å²) in [5, 5.41) is 5.04. The smallest absolute Gasteiger partial charge is 0.137 e. The highest BCUT2D eigenvalue weighted by molar-refractivity contribution is 6.14. The molecule has 0 saturated heterocycles. The second-order valence-electron chi connectivity index (χ2n) is 15.7. The molecule has 56 heavy (non-hydrogen) atoms. The van der Waals surface area contributed by atoms with Crippen molar-refractivity contribution in [2.24, 2.45) is 0 Å². The fourth-order valence-electron chi connectivity index (χ4n) is 9.30. The van der Waals surface area contributed by atoms with E-state index in [0.717, 1.165) is 24.5 Å². The summed E-state index contributed by atoms with van der Waals surface area (Å²) in [6.07, 6.45) is 5.76. The topological polar surface area (TPSA) is 35.6 Å². The van der Waals surface area contributed by atoms with Gasteiger partial charge < -0.3 is 0 Å². The van der Waals surface area contributed by atoms with Crippen LogP contribution >= 0.6 is 0 Å². The number of hydrogen-bond acceptors (Lipinski definition) is 2. The van der Waals surface area contributed by atoms with Gasteiger partial charge in [0, 0.05) is 33.9 Å². The van der Waals surface area contributed by atoms with Crippen molar-refractivity contribution in [1.29, 1.82) is 0 Å². The summed E-state index contributed by atoms with van der Waals surface area (Å²) in [4.78, 5) is 9.77. The number of benzene rings is 6. The normalized spacial score (nSPS) is 12.5. The molecule has 0 fully saturated rings. The van der Waals surface area contributed by atoms with E-state index in [1.54, 1.807) is 0 Å². The van der Waals surface area contributed by atoms with Crippen LogP contribution in [0.5, 0.6) is 0 Å². The summed E-state index contributed by atoms with van der Waals surface area (Å²) in [7, 11) is 0. The molecule has 0 saturated carbocycles. The van der Waals surface area contributed by atoms with Crippen LogP contribution in [0.3, 0.4) is 0 Å². The molecule has 4 heterocycles. The van der Waals surface area contributed by atoms with Crippen LogP contribution in [0.15, 0.2) is 146 Å². The first-order chi connectivity index (χ1) is 27.4. The van der Waals surface area contributed by atoms with Crippen molar-refractivity contribution in [2.75, 3.05) is 0 Å². The first-order valence-electron chi connectivity index (χ1n) is 19.6. The van der Waals surface area contributed by atoms with Crippen LogP contribution in [0, 0.1) is 27.7 Å². The Kier molecular flexibility index (Phi) is 7.21. The van der Waals surface area contributed by atoms with Crippen LogP contribution in [-0.2, 0) is 12.8 Å². The molecule has 0 aliphatic heterocycles.